The number of fused-ring (bicyclic) bond motifs is 1. The van der Waals surface area contributed by atoms with Gasteiger partial charge in [-0.25, -0.2) is 4.90 Å². The van der Waals surface area contributed by atoms with E-state index in [1.165, 1.54) is 4.90 Å². The summed E-state index contributed by atoms with van der Waals surface area (Å²) in [6.45, 7) is 0.402. The van der Waals surface area contributed by atoms with Crippen molar-refractivity contribution in [1.29, 1.82) is 0 Å². The first-order valence-corrected chi connectivity index (χ1v) is 8.16. The number of carbonyl (C=O) groups is 2. The number of nitrogen functional groups attached to an aromatic ring is 1. The number of pyridine rings is 1. The van der Waals surface area contributed by atoms with Gasteiger partial charge in [0.1, 0.15) is 0 Å². The summed E-state index contributed by atoms with van der Waals surface area (Å²) in [5.74, 6) is -0.613. The topological polar surface area (TPSA) is 88.3 Å². The second kappa shape index (κ2) is 6.33. The van der Waals surface area contributed by atoms with Crippen molar-refractivity contribution < 1.29 is 9.59 Å². The van der Waals surface area contributed by atoms with E-state index < -0.39 is 0 Å². The molecule has 2 heterocycles. The largest absolute Gasteiger partial charge is 0.397 e. The molecule has 6 heteroatoms. The predicted molar refractivity (Wildman–Crippen MR) is 100 cm³/mol. The van der Waals surface area contributed by atoms with E-state index in [4.69, 9.17) is 5.73 Å². The van der Waals surface area contributed by atoms with Gasteiger partial charge in [-0.1, -0.05) is 30.3 Å². The van der Waals surface area contributed by atoms with Crippen molar-refractivity contribution in [3.8, 4) is 0 Å². The molecule has 0 aliphatic carbocycles. The van der Waals surface area contributed by atoms with Gasteiger partial charge < -0.3 is 11.1 Å². The molecule has 2 aromatic carbocycles. The second-order valence-electron chi connectivity index (χ2n) is 5.94. The lowest BCUT2D eigenvalue weighted by molar-refractivity contribution is 0.0926. The molecule has 2 amide bonds. The van der Waals surface area contributed by atoms with Crippen LogP contribution in [0.4, 0.5) is 17.1 Å². The van der Waals surface area contributed by atoms with Crippen LogP contribution >= 0.6 is 0 Å². The zero-order valence-electron chi connectivity index (χ0n) is 13.8. The number of hydrogen-bond acceptors (Lipinski definition) is 5. The van der Waals surface area contributed by atoms with Crippen LogP contribution in [0, 0.1) is 0 Å². The standard InChI is InChI=1S/C20H16N4O2/c21-16-9-10-22-12-17(16)23-11-13-5-1-4-8-18(13)24-19(25)14-6-2-3-7-15(14)20(24)26/h1-10,12,23H,11H2,(H2,21,22). The van der Waals surface area contributed by atoms with Gasteiger partial charge in [0, 0.05) is 12.7 Å². The van der Waals surface area contributed by atoms with E-state index >= 15 is 0 Å². The Balaban J connectivity index is 1.66. The molecular weight excluding hydrogens is 328 g/mol. The van der Waals surface area contributed by atoms with Crippen LogP contribution in [0.5, 0.6) is 0 Å². The van der Waals surface area contributed by atoms with Gasteiger partial charge in [-0.05, 0) is 29.8 Å². The number of rotatable bonds is 4. The summed E-state index contributed by atoms with van der Waals surface area (Å²) < 4.78 is 0. The minimum Gasteiger partial charge on any atom is -0.397 e. The Morgan fingerprint density at radius 3 is 2.27 bits per heavy atom. The summed E-state index contributed by atoms with van der Waals surface area (Å²) in [5, 5.41) is 3.21. The van der Waals surface area contributed by atoms with Crippen LogP contribution in [-0.4, -0.2) is 16.8 Å². The molecule has 3 N–H and O–H groups in total. The SMILES string of the molecule is Nc1ccncc1NCc1ccccc1N1C(=O)c2ccccc2C1=O. The third-order valence-corrected chi connectivity index (χ3v) is 4.35. The van der Waals surface area contributed by atoms with Crippen molar-refractivity contribution in [1.82, 2.24) is 4.98 Å². The fourth-order valence-corrected chi connectivity index (χ4v) is 3.03. The number of carbonyl (C=O) groups excluding carboxylic acids is 2. The molecule has 128 valence electrons. The highest BCUT2D eigenvalue weighted by molar-refractivity contribution is 6.34. The number of nitrogens with two attached hydrogens (primary N) is 1. The van der Waals surface area contributed by atoms with Gasteiger partial charge in [0.15, 0.2) is 0 Å². The van der Waals surface area contributed by atoms with Gasteiger partial charge in [0.05, 0.1) is 34.4 Å². The van der Waals surface area contributed by atoms with Crippen LogP contribution in [0.3, 0.4) is 0 Å². The van der Waals surface area contributed by atoms with Gasteiger partial charge in [-0.3, -0.25) is 14.6 Å². The Hall–Kier alpha value is -3.67. The summed E-state index contributed by atoms with van der Waals surface area (Å²) in [6, 6.07) is 15.9. The molecule has 0 bridgehead atoms. The van der Waals surface area contributed by atoms with Crippen molar-refractivity contribution in [2.75, 3.05) is 16.0 Å². The Morgan fingerprint density at radius 2 is 1.58 bits per heavy atom. The fraction of sp³-hybridized carbons (Fsp3) is 0.0500. The lowest BCUT2D eigenvalue weighted by Crippen LogP contribution is -2.30. The molecule has 6 nitrogen and oxygen atoms in total. The van der Waals surface area contributed by atoms with Gasteiger partial charge in [0.25, 0.3) is 11.8 Å². The van der Waals surface area contributed by atoms with Gasteiger partial charge >= 0.3 is 0 Å². The van der Waals surface area contributed by atoms with Crippen LogP contribution < -0.4 is 16.0 Å². The molecule has 1 aliphatic heterocycles. The van der Waals surface area contributed by atoms with Crippen molar-refractivity contribution in [2.45, 2.75) is 6.54 Å². The number of anilines is 3. The first kappa shape index (κ1) is 15.8. The maximum absolute atomic E-state index is 12.7. The van der Waals surface area contributed by atoms with Crippen molar-refractivity contribution >= 4 is 28.9 Å². The lowest BCUT2D eigenvalue weighted by atomic mass is 10.1. The van der Waals surface area contributed by atoms with Crippen LogP contribution in [0.1, 0.15) is 26.3 Å². The summed E-state index contributed by atoms with van der Waals surface area (Å²) in [6.07, 6.45) is 3.26. The maximum Gasteiger partial charge on any atom is 0.266 e. The molecule has 26 heavy (non-hydrogen) atoms. The van der Waals surface area contributed by atoms with E-state index in [0.29, 0.717) is 34.7 Å². The third-order valence-electron chi connectivity index (χ3n) is 4.35. The number of benzene rings is 2. The molecule has 0 radical (unpaired) electrons. The Morgan fingerprint density at radius 1 is 0.923 bits per heavy atom. The number of para-hydroxylation sites is 1. The summed E-state index contributed by atoms with van der Waals surface area (Å²) in [5.41, 5.74) is 9.43. The minimum atomic E-state index is -0.307. The molecule has 4 rings (SSSR count). The highest BCUT2D eigenvalue weighted by Gasteiger charge is 2.37. The third kappa shape index (κ3) is 2.57. The minimum absolute atomic E-state index is 0.307. The van der Waals surface area contributed by atoms with E-state index in [1.54, 1.807) is 54.9 Å². The van der Waals surface area contributed by atoms with E-state index in [-0.39, 0.29) is 11.8 Å². The summed E-state index contributed by atoms with van der Waals surface area (Å²) in [7, 11) is 0. The zero-order chi connectivity index (χ0) is 18.1. The molecule has 0 saturated carbocycles. The quantitative estimate of drug-likeness (QED) is 0.710. The Bertz CT molecular complexity index is 981. The lowest BCUT2D eigenvalue weighted by Gasteiger charge is -2.19. The number of imide groups is 1. The highest BCUT2D eigenvalue weighted by Crippen LogP contribution is 2.31. The van der Waals surface area contributed by atoms with E-state index in [2.05, 4.69) is 10.3 Å². The molecule has 1 aliphatic rings. The van der Waals surface area contributed by atoms with Gasteiger partial charge in [0.2, 0.25) is 0 Å². The number of aromatic nitrogens is 1. The summed E-state index contributed by atoms with van der Waals surface area (Å²) >= 11 is 0. The Kier molecular flexibility index (Phi) is 3.85. The monoisotopic (exact) mass is 344 g/mol. The number of hydrogen-bond donors (Lipinski definition) is 2. The van der Waals surface area contributed by atoms with E-state index in [1.807, 2.05) is 12.1 Å². The number of nitrogens with zero attached hydrogens (tertiary/aromatic N) is 2. The molecule has 3 aromatic rings. The molecular formula is C20H16N4O2. The van der Waals surface area contributed by atoms with E-state index in [0.717, 1.165) is 5.56 Å². The second-order valence-corrected chi connectivity index (χ2v) is 5.94. The van der Waals surface area contributed by atoms with Crippen molar-refractivity contribution in [2.24, 2.45) is 0 Å². The van der Waals surface area contributed by atoms with Crippen LogP contribution in [-0.2, 0) is 6.54 Å². The van der Waals surface area contributed by atoms with Crippen molar-refractivity contribution in [3.63, 3.8) is 0 Å². The molecule has 1 aromatic heterocycles. The molecule has 0 spiro atoms. The smallest absolute Gasteiger partial charge is 0.266 e. The Labute approximate surface area is 150 Å². The predicted octanol–water partition coefficient (Wildman–Crippen LogP) is 3.08. The molecule has 0 fully saturated rings. The number of amides is 2. The molecule has 0 atom stereocenters. The maximum atomic E-state index is 12.7. The van der Waals surface area contributed by atoms with Gasteiger partial charge in [-0.15, -0.1) is 0 Å². The summed E-state index contributed by atoms with van der Waals surface area (Å²) in [4.78, 5) is 30.8. The van der Waals surface area contributed by atoms with Gasteiger partial charge in [-0.2, -0.15) is 0 Å². The van der Waals surface area contributed by atoms with Crippen molar-refractivity contribution in [3.05, 3.63) is 83.7 Å². The normalized spacial score (nSPS) is 13.0. The molecule has 0 unspecified atom stereocenters. The average molecular weight is 344 g/mol. The molecule has 0 saturated heterocycles. The van der Waals surface area contributed by atoms with E-state index in [9.17, 15) is 9.59 Å². The average Bonchev–Trinajstić information content (AvgIpc) is 2.92. The first-order valence-electron chi connectivity index (χ1n) is 8.16. The fourth-order valence-electron chi connectivity index (χ4n) is 3.03. The first-order chi connectivity index (χ1) is 12.7. The zero-order valence-corrected chi connectivity index (χ0v) is 13.8. The van der Waals surface area contributed by atoms with Crippen LogP contribution in [0.15, 0.2) is 67.0 Å². The highest BCUT2D eigenvalue weighted by atomic mass is 16.2. The number of nitrogens with one attached hydrogen (secondary N) is 1. The van der Waals surface area contributed by atoms with Crippen LogP contribution in [0.2, 0.25) is 0 Å². The van der Waals surface area contributed by atoms with Crippen LogP contribution in [0.25, 0.3) is 0 Å².